The molecule has 0 bridgehead atoms. The lowest BCUT2D eigenvalue weighted by molar-refractivity contribution is -0.143. The van der Waals surface area contributed by atoms with Crippen LogP contribution in [0.1, 0.15) is 83.5 Å². The van der Waals surface area contributed by atoms with E-state index in [-0.39, 0.29) is 41.8 Å². The largest absolute Gasteiger partial charge is 0.392 e. The number of ether oxygens (including phenoxy) is 1. The Kier molecular flexibility index (Phi) is 8.62. The number of amides is 1. The summed E-state index contributed by atoms with van der Waals surface area (Å²) in [5, 5.41) is 25.8. The molecule has 1 amide bonds. The van der Waals surface area contributed by atoms with E-state index in [4.69, 9.17) is 4.74 Å². The summed E-state index contributed by atoms with van der Waals surface area (Å²) < 4.78 is 6.10. The van der Waals surface area contributed by atoms with Crippen molar-refractivity contribution in [3.8, 4) is 0 Å². The molecule has 0 spiro atoms. The highest BCUT2D eigenvalue weighted by molar-refractivity contribution is 7.12. The van der Waals surface area contributed by atoms with Crippen LogP contribution in [0.15, 0.2) is 11.8 Å². The van der Waals surface area contributed by atoms with Crippen molar-refractivity contribution < 1.29 is 24.5 Å². The average molecular weight is 507 g/mol. The van der Waals surface area contributed by atoms with Crippen molar-refractivity contribution in [1.82, 2.24) is 10.3 Å². The minimum atomic E-state index is -1.16. The number of aromatic nitrogens is 1. The van der Waals surface area contributed by atoms with Gasteiger partial charge in [0, 0.05) is 23.4 Å². The first-order valence-corrected chi connectivity index (χ1v) is 13.5. The number of nitrogens with zero attached hydrogens (tertiary/aromatic N) is 1. The predicted octanol–water partition coefficient (Wildman–Crippen LogP) is 4.05. The fourth-order valence-corrected chi connectivity index (χ4v) is 5.98. The van der Waals surface area contributed by atoms with Crippen LogP contribution in [0.25, 0.3) is 6.08 Å². The SMILES string of the molecule is CC(=Cc1cnc(C)s1)[C@@H]1C[C@@H]2O[C@]2(C)CCC[C@H](C)[C@H](O)[C@@H](C)C(=O)C(C)(C)[C@@H](O)CC(=O)N1. The van der Waals surface area contributed by atoms with Crippen LogP contribution in [0.3, 0.4) is 0 Å². The number of Topliss-reactive ketones (excluding diaryl/α,β-unsaturated/α-hetero) is 1. The first-order valence-electron chi connectivity index (χ1n) is 12.7. The number of thiazole rings is 1. The Hall–Kier alpha value is -1.61. The average Bonchev–Trinajstić information content (AvgIpc) is 3.22. The van der Waals surface area contributed by atoms with Gasteiger partial charge in [0.15, 0.2) is 0 Å². The smallest absolute Gasteiger partial charge is 0.223 e. The Morgan fingerprint density at radius 1 is 1.26 bits per heavy atom. The first kappa shape index (κ1) is 28.0. The Morgan fingerprint density at radius 2 is 1.94 bits per heavy atom. The molecule has 2 fully saturated rings. The topological polar surface area (TPSA) is 112 Å². The summed E-state index contributed by atoms with van der Waals surface area (Å²) in [6.07, 6.45) is 4.90. The predicted molar refractivity (Wildman–Crippen MR) is 138 cm³/mol. The quantitative estimate of drug-likeness (QED) is 0.522. The van der Waals surface area contributed by atoms with Gasteiger partial charge in [0.25, 0.3) is 0 Å². The second-order valence-electron chi connectivity index (χ2n) is 11.4. The van der Waals surface area contributed by atoms with Gasteiger partial charge in [-0.05, 0) is 51.2 Å². The Bertz CT molecular complexity index is 957. The maximum atomic E-state index is 13.2. The number of carbonyl (C=O) groups is 2. The molecule has 0 aromatic carbocycles. The molecule has 7 nitrogen and oxygen atoms in total. The maximum Gasteiger partial charge on any atom is 0.223 e. The number of epoxide rings is 1. The summed E-state index contributed by atoms with van der Waals surface area (Å²) >= 11 is 1.60. The molecule has 0 saturated carbocycles. The highest BCUT2D eigenvalue weighted by Gasteiger charge is 2.52. The maximum absolute atomic E-state index is 13.2. The van der Waals surface area contributed by atoms with E-state index in [1.54, 1.807) is 32.1 Å². The fourth-order valence-electron chi connectivity index (χ4n) is 5.18. The molecule has 2 saturated heterocycles. The number of aliphatic hydroxyl groups excluding tert-OH is 2. The van der Waals surface area contributed by atoms with Gasteiger partial charge in [-0.3, -0.25) is 9.59 Å². The van der Waals surface area contributed by atoms with Crippen molar-refractivity contribution >= 4 is 29.1 Å². The second-order valence-corrected chi connectivity index (χ2v) is 12.7. The zero-order valence-corrected chi connectivity index (χ0v) is 22.9. The third-order valence-electron chi connectivity index (χ3n) is 8.07. The molecule has 0 radical (unpaired) electrons. The third kappa shape index (κ3) is 6.59. The molecule has 0 unspecified atom stereocenters. The molecular weight excluding hydrogens is 464 g/mol. The molecular formula is C27H42N2O5S. The van der Waals surface area contributed by atoms with Gasteiger partial charge < -0.3 is 20.3 Å². The van der Waals surface area contributed by atoms with Crippen molar-refractivity contribution in [3.05, 3.63) is 21.7 Å². The number of rotatable bonds is 2. The van der Waals surface area contributed by atoms with Crippen molar-refractivity contribution in [3.63, 3.8) is 0 Å². The van der Waals surface area contributed by atoms with Gasteiger partial charge >= 0.3 is 0 Å². The van der Waals surface area contributed by atoms with E-state index in [0.29, 0.717) is 6.42 Å². The van der Waals surface area contributed by atoms with Crippen LogP contribution >= 0.6 is 11.3 Å². The van der Waals surface area contributed by atoms with Crippen molar-refractivity contribution in [1.29, 1.82) is 0 Å². The zero-order chi connectivity index (χ0) is 26.1. The van der Waals surface area contributed by atoms with Crippen LogP contribution < -0.4 is 5.32 Å². The fraction of sp³-hybridized carbons (Fsp3) is 0.741. The lowest BCUT2D eigenvalue weighted by Crippen LogP contribution is -2.47. The van der Waals surface area contributed by atoms with E-state index in [2.05, 4.69) is 17.2 Å². The van der Waals surface area contributed by atoms with E-state index >= 15 is 0 Å². The summed E-state index contributed by atoms with van der Waals surface area (Å²) in [6.45, 7) is 13.0. The molecule has 196 valence electrons. The van der Waals surface area contributed by atoms with Gasteiger partial charge in [0.2, 0.25) is 5.91 Å². The van der Waals surface area contributed by atoms with Gasteiger partial charge in [-0.25, -0.2) is 4.98 Å². The van der Waals surface area contributed by atoms with Gasteiger partial charge in [-0.2, -0.15) is 0 Å². The summed E-state index contributed by atoms with van der Waals surface area (Å²) in [6, 6.07) is -0.254. The van der Waals surface area contributed by atoms with Crippen LogP contribution in [-0.4, -0.2) is 56.8 Å². The van der Waals surface area contributed by atoms with Crippen molar-refractivity contribution in [2.75, 3.05) is 0 Å². The molecule has 3 rings (SSSR count). The van der Waals surface area contributed by atoms with Crippen LogP contribution in [0.2, 0.25) is 0 Å². The molecule has 7 atom stereocenters. The third-order valence-corrected chi connectivity index (χ3v) is 8.93. The summed E-state index contributed by atoms with van der Waals surface area (Å²) in [5.74, 6) is -1.23. The summed E-state index contributed by atoms with van der Waals surface area (Å²) in [5.41, 5.74) is -0.418. The molecule has 35 heavy (non-hydrogen) atoms. The minimum absolute atomic E-state index is 0.0225. The lowest BCUT2D eigenvalue weighted by Gasteiger charge is -2.34. The standard InChI is InChI=1S/C27H42N2O5S/c1-15-9-8-10-27(7)22(34-27)12-20(16(2)11-19-14-28-18(4)35-19)29-23(31)13-21(30)26(5,6)25(33)17(3)24(15)32/h11,14-15,17,20-22,24,30,32H,8-10,12-13H2,1-7H3,(H,29,31)/t15-,17+,20-,21-,22-,24-,27+/m0/s1. The molecule has 2 aliphatic heterocycles. The number of aliphatic hydroxyl groups is 2. The summed E-state index contributed by atoms with van der Waals surface area (Å²) in [7, 11) is 0. The van der Waals surface area contributed by atoms with Crippen LogP contribution in [0, 0.1) is 24.2 Å². The molecule has 3 N–H and O–H groups in total. The van der Waals surface area contributed by atoms with E-state index < -0.39 is 23.5 Å². The van der Waals surface area contributed by atoms with Crippen LogP contribution in [-0.2, 0) is 14.3 Å². The number of hydrogen-bond acceptors (Lipinski definition) is 7. The molecule has 8 heteroatoms. The highest BCUT2D eigenvalue weighted by Crippen LogP contribution is 2.44. The molecule has 1 aromatic rings. The normalized spacial score (nSPS) is 37.5. The van der Waals surface area contributed by atoms with Gasteiger partial charge in [-0.1, -0.05) is 34.1 Å². The van der Waals surface area contributed by atoms with Crippen LogP contribution in [0.5, 0.6) is 0 Å². The highest BCUT2D eigenvalue weighted by atomic mass is 32.1. The Balaban J connectivity index is 1.85. The van der Waals surface area contributed by atoms with E-state index in [1.165, 1.54) is 0 Å². The molecule has 3 heterocycles. The van der Waals surface area contributed by atoms with Crippen molar-refractivity contribution in [2.24, 2.45) is 17.3 Å². The monoisotopic (exact) mass is 506 g/mol. The van der Waals surface area contributed by atoms with E-state index in [1.807, 2.05) is 33.0 Å². The van der Waals surface area contributed by atoms with Crippen molar-refractivity contribution in [2.45, 2.75) is 111 Å². The van der Waals surface area contributed by atoms with E-state index in [0.717, 1.165) is 34.7 Å². The number of nitrogens with one attached hydrogen (secondary N) is 1. The lowest BCUT2D eigenvalue weighted by atomic mass is 9.72. The number of ketones is 1. The zero-order valence-electron chi connectivity index (χ0n) is 22.1. The van der Waals surface area contributed by atoms with E-state index in [9.17, 15) is 19.8 Å². The van der Waals surface area contributed by atoms with Gasteiger partial charge in [-0.15, -0.1) is 11.3 Å². The number of fused-ring (bicyclic) bond motifs is 1. The number of hydrogen-bond donors (Lipinski definition) is 3. The molecule has 0 aliphatic carbocycles. The Labute approximate surface area is 213 Å². The minimum Gasteiger partial charge on any atom is -0.392 e. The van der Waals surface area contributed by atoms with Gasteiger partial charge in [0.05, 0.1) is 46.8 Å². The van der Waals surface area contributed by atoms with Crippen LogP contribution in [0.4, 0.5) is 0 Å². The number of aryl methyl sites for hydroxylation is 1. The molecule has 2 aliphatic rings. The number of carbonyl (C=O) groups excluding carboxylic acids is 2. The Morgan fingerprint density at radius 3 is 2.57 bits per heavy atom. The molecule has 1 aromatic heterocycles. The first-order chi connectivity index (χ1) is 16.2. The van der Waals surface area contributed by atoms with Gasteiger partial charge in [0.1, 0.15) is 5.78 Å². The summed E-state index contributed by atoms with van der Waals surface area (Å²) in [4.78, 5) is 31.6. The second kappa shape index (κ2) is 10.8.